The normalized spacial score (nSPS) is 19.5. The van der Waals surface area contributed by atoms with Gasteiger partial charge in [-0.25, -0.2) is 4.39 Å². The minimum absolute atomic E-state index is 0.00287. The smallest absolute Gasteiger partial charge is 0.202 e. The molecule has 1 aliphatic rings. The van der Waals surface area contributed by atoms with E-state index in [1.165, 1.54) is 6.07 Å². The molecule has 0 amide bonds. The molecule has 1 heterocycles. The first-order chi connectivity index (χ1) is 6.72. The van der Waals surface area contributed by atoms with Crippen LogP contribution in [0.1, 0.15) is 13.3 Å². The lowest BCUT2D eigenvalue weighted by atomic mass is 10.2. The first kappa shape index (κ1) is 9.24. The fraction of sp³-hybridized carbons (Fsp3) is 0.400. The molecule has 0 bridgehead atoms. The second-order valence-electron chi connectivity index (χ2n) is 3.27. The molecule has 1 aromatic rings. The van der Waals surface area contributed by atoms with Crippen LogP contribution in [0.2, 0.25) is 0 Å². The molecule has 0 saturated heterocycles. The number of halogens is 2. The number of benzene rings is 1. The summed E-state index contributed by atoms with van der Waals surface area (Å²) in [5.74, 6) is -1.78. The number of rotatable bonds is 1. The van der Waals surface area contributed by atoms with E-state index in [0.717, 1.165) is 12.5 Å². The van der Waals surface area contributed by atoms with E-state index < -0.39 is 11.6 Å². The van der Waals surface area contributed by atoms with E-state index in [9.17, 15) is 8.78 Å². The highest BCUT2D eigenvalue weighted by atomic mass is 19.2. The second-order valence-corrected chi connectivity index (χ2v) is 3.27. The molecule has 0 aromatic heterocycles. The van der Waals surface area contributed by atoms with Gasteiger partial charge < -0.3 is 10.1 Å². The zero-order valence-electron chi connectivity index (χ0n) is 7.81. The van der Waals surface area contributed by atoms with Crippen molar-refractivity contribution in [2.45, 2.75) is 19.4 Å². The van der Waals surface area contributed by atoms with Gasteiger partial charge in [0, 0.05) is 0 Å². The van der Waals surface area contributed by atoms with Crippen LogP contribution in [0.25, 0.3) is 0 Å². The van der Waals surface area contributed by atoms with Gasteiger partial charge in [0.05, 0.1) is 12.2 Å². The fourth-order valence-corrected chi connectivity index (χ4v) is 1.45. The van der Waals surface area contributed by atoms with E-state index >= 15 is 0 Å². The van der Waals surface area contributed by atoms with Crippen LogP contribution in [0.5, 0.6) is 5.75 Å². The van der Waals surface area contributed by atoms with Crippen LogP contribution in [-0.2, 0) is 0 Å². The summed E-state index contributed by atoms with van der Waals surface area (Å²) in [6.07, 6.45) is 0.682. The lowest BCUT2D eigenvalue weighted by Gasteiger charge is -2.26. The van der Waals surface area contributed by atoms with Crippen LogP contribution in [0.3, 0.4) is 0 Å². The monoisotopic (exact) mass is 199 g/mol. The molecule has 0 aliphatic carbocycles. The minimum atomic E-state index is -0.909. The molecule has 2 rings (SSSR count). The van der Waals surface area contributed by atoms with Gasteiger partial charge in [0.15, 0.2) is 11.6 Å². The molecular formula is C10H11F2NO. The average Bonchev–Trinajstić information content (AvgIpc) is 2.23. The van der Waals surface area contributed by atoms with Crippen molar-refractivity contribution in [1.82, 2.24) is 0 Å². The zero-order valence-corrected chi connectivity index (χ0v) is 7.81. The Morgan fingerprint density at radius 3 is 3.00 bits per heavy atom. The zero-order chi connectivity index (χ0) is 10.1. The van der Waals surface area contributed by atoms with Gasteiger partial charge in [-0.05, 0) is 18.6 Å². The molecule has 1 aromatic carbocycles. The summed E-state index contributed by atoms with van der Waals surface area (Å²) in [6, 6.07) is 2.58. The summed E-state index contributed by atoms with van der Waals surface area (Å²) < 4.78 is 31.4. The van der Waals surface area contributed by atoms with Crippen LogP contribution in [0.15, 0.2) is 12.1 Å². The van der Waals surface area contributed by atoms with Crippen molar-refractivity contribution < 1.29 is 13.5 Å². The Balaban J connectivity index is 2.38. The van der Waals surface area contributed by atoms with Crippen LogP contribution >= 0.6 is 0 Å². The SMILES string of the molecule is CCC1CNc2ccc(F)c(F)c2O1. The van der Waals surface area contributed by atoms with Gasteiger partial charge in [-0.15, -0.1) is 0 Å². The Kier molecular flexibility index (Phi) is 2.27. The molecule has 76 valence electrons. The summed E-state index contributed by atoms with van der Waals surface area (Å²) in [5, 5.41) is 3.00. The standard InChI is InChI=1S/C10H11F2NO/c1-2-6-5-13-8-4-3-7(11)9(12)10(8)14-6/h3-4,6,13H,2,5H2,1H3. The number of anilines is 1. The summed E-state index contributed by atoms with van der Waals surface area (Å²) in [5.41, 5.74) is 0.522. The predicted octanol–water partition coefficient (Wildman–Crippen LogP) is 2.55. The van der Waals surface area contributed by atoms with Gasteiger partial charge in [0.25, 0.3) is 0 Å². The van der Waals surface area contributed by atoms with Gasteiger partial charge in [0.1, 0.15) is 6.10 Å². The van der Waals surface area contributed by atoms with Gasteiger partial charge in [-0.1, -0.05) is 6.92 Å². The van der Waals surface area contributed by atoms with Crippen molar-refractivity contribution in [3.05, 3.63) is 23.8 Å². The van der Waals surface area contributed by atoms with Crippen LogP contribution in [0.4, 0.5) is 14.5 Å². The molecule has 14 heavy (non-hydrogen) atoms. The maximum absolute atomic E-state index is 13.3. The van der Waals surface area contributed by atoms with Gasteiger partial charge >= 0.3 is 0 Å². The summed E-state index contributed by atoms with van der Waals surface area (Å²) >= 11 is 0. The highest BCUT2D eigenvalue weighted by Crippen LogP contribution is 2.33. The maximum atomic E-state index is 13.3. The molecule has 0 radical (unpaired) electrons. The third-order valence-electron chi connectivity index (χ3n) is 2.31. The third kappa shape index (κ3) is 1.41. The Bertz CT molecular complexity index is 354. The maximum Gasteiger partial charge on any atom is 0.202 e. The second kappa shape index (κ2) is 3.44. The van der Waals surface area contributed by atoms with Crippen molar-refractivity contribution in [2.24, 2.45) is 0 Å². The molecule has 0 fully saturated rings. The van der Waals surface area contributed by atoms with Gasteiger partial charge in [0.2, 0.25) is 5.82 Å². The molecule has 0 spiro atoms. The molecule has 1 atom stereocenters. The third-order valence-corrected chi connectivity index (χ3v) is 2.31. The van der Waals surface area contributed by atoms with E-state index in [2.05, 4.69) is 5.32 Å². The molecule has 2 nitrogen and oxygen atoms in total. The largest absolute Gasteiger partial charge is 0.483 e. The predicted molar refractivity (Wildman–Crippen MR) is 49.6 cm³/mol. The van der Waals surface area contributed by atoms with E-state index in [4.69, 9.17) is 4.74 Å². The van der Waals surface area contributed by atoms with Crippen LogP contribution in [-0.4, -0.2) is 12.6 Å². The molecule has 1 unspecified atom stereocenters. The number of hydrogen-bond acceptors (Lipinski definition) is 2. The van der Waals surface area contributed by atoms with E-state index in [1.54, 1.807) is 0 Å². The topological polar surface area (TPSA) is 21.3 Å². The van der Waals surface area contributed by atoms with E-state index in [-0.39, 0.29) is 11.9 Å². The minimum Gasteiger partial charge on any atom is -0.483 e. The highest BCUT2D eigenvalue weighted by Gasteiger charge is 2.22. The lowest BCUT2D eigenvalue weighted by Crippen LogP contribution is -2.30. The van der Waals surface area contributed by atoms with Gasteiger partial charge in [-0.2, -0.15) is 4.39 Å². The quantitative estimate of drug-likeness (QED) is 0.750. The van der Waals surface area contributed by atoms with Crippen molar-refractivity contribution in [2.75, 3.05) is 11.9 Å². The highest BCUT2D eigenvalue weighted by molar-refractivity contribution is 5.58. The van der Waals surface area contributed by atoms with Crippen molar-refractivity contribution in [3.8, 4) is 5.75 Å². The molecule has 1 N–H and O–H groups in total. The van der Waals surface area contributed by atoms with E-state index in [1.807, 2.05) is 6.92 Å². The number of fused-ring (bicyclic) bond motifs is 1. The van der Waals surface area contributed by atoms with Crippen LogP contribution < -0.4 is 10.1 Å². The van der Waals surface area contributed by atoms with E-state index in [0.29, 0.717) is 12.2 Å². The lowest BCUT2D eigenvalue weighted by molar-refractivity contribution is 0.190. The Hall–Kier alpha value is -1.32. The Morgan fingerprint density at radius 1 is 1.50 bits per heavy atom. The van der Waals surface area contributed by atoms with Crippen molar-refractivity contribution in [1.29, 1.82) is 0 Å². The number of ether oxygens (including phenoxy) is 1. The number of nitrogens with one attached hydrogen (secondary N) is 1. The average molecular weight is 199 g/mol. The molecule has 0 saturated carbocycles. The summed E-state index contributed by atoms with van der Waals surface area (Å²) in [7, 11) is 0. The van der Waals surface area contributed by atoms with Gasteiger partial charge in [-0.3, -0.25) is 0 Å². The Labute approximate surface area is 80.9 Å². The van der Waals surface area contributed by atoms with Crippen molar-refractivity contribution in [3.63, 3.8) is 0 Å². The fourth-order valence-electron chi connectivity index (χ4n) is 1.45. The Morgan fingerprint density at radius 2 is 2.29 bits per heavy atom. The first-order valence-corrected chi connectivity index (χ1v) is 4.61. The summed E-state index contributed by atoms with van der Waals surface area (Å²) in [6.45, 7) is 2.57. The molecule has 1 aliphatic heterocycles. The molecule has 4 heteroatoms. The molecular weight excluding hydrogens is 188 g/mol. The summed E-state index contributed by atoms with van der Waals surface area (Å²) in [4.78, 5) is 0. The van der Waals surface area contributed by atoms with Crippen LogP contribution in [0, 0.1) is 11.6 Å². The first-order valence-electron chi connectivity index (χ1n) is 4.61. The number of hydrogen-bond donors (Lipinski definition) is 1. The van der Waals surface area contributed by atoms with Crippen molar-refractivity contribution >= 4 is 5.69 Å².